The van der Waals surface area contributed by atoms with Gasteiger partial charge in [-0.25, -0.2) is 4.79 Å². The third-order valence-corrected chi connectivity index (χ3v) is 4.49. The molecular weight excluding hydrogens is 398 g/mol. The predicted molar refractivity (Wildman–Crippen MR) is 105 cm³/mol. The lowest BCUT2D eigenvalue weighted by atomic mass is 10.1. The molecule has 0 spiro atoms. The van der Waals surface area contributed by atoms with Gasteiger partial charge in [0.15, 0.2) is 0 Å². The maximum Gasteiger partial charge on any atom is 0.337 e. The monoisotopic (exact) mass is 415 g/mol. The summed E-state index contributed by atoms with van der Waals surface area (Å²) in [7, 11) is 2.80. The van der Waals surface area contributed by atoms with Crippen molar-refractivity contribution < 1.29 is 19.1 Å². The Kier molecular flexibility index (Phi) is 6.40. The summed E-state index contributed by atoms with van der Waals surface area (Å²) in [6, 6.07) is 10.1. The van der Waals surface area contributed by atoms with Crippen molar-refractivity contribution in [3.8, 4) is 11.4 Å². The number of esters is 1. The Labute approximate surface area is 171 Å². The number of nitrogens with one attached hydrogen (secondary N) is 1. The standard InChI is InChI=1S/C19H18ClN5O4/c1-28-17-10-16(25-11-22-23-24-25)15(20)9-14(17)18(26)21-8-7-12-3-5-13(6-4-12)19(27)29-2/h3-6,9-11H,7-8H2,1-2H3,(H,21,26). The van der Waals surface area contributed by atoms with Crippen molar-refractivity contribution in [1.29, 1.82) is 0 Å². The number of methoxy groups -OCH3 is 2. The Morgan fingerprint density at radius 2 is 1.93 bits per heavy atom. The lowest BCUT2D eigenvalue weighted by Gasteiger charge is -2.12. The molecule has 1 aromatic heterocycles. The van der Waals surface area contributed by atoms with Crippen LogP contribution < -0.4 is 10.1 Å². The molecule has 2 aromatic carbocycles. The quantitative estimate of drug-likeness (QED) is 0.588. The van der Waals surface area contributed by atoms with Gasteiger partial charge in [0, 0.05) is 12.6 Å². The van der Waals surface area contributed by atoms with E-state index in [1.807, 2.05) is 12.1 Å². The van der Waals surface area contributed by atoms with Crippen molar-refractivity contribution in [2.75, 3.05) is 20.8 Å². The van der Waals surface area contributed by atoms with Gasteiger partial charge in [0.05, 0.1) is 36.1 Å². The molecule has 3 rings (SSSR count). The second-order valence-electron chi connectivity index (χ2n) is 5.95. The zero-order valence-electron chi connectivity index (χ0n) is 15.8. The van der Waals surface area contributed by atoms with E-state index in [-0.39, 0.29) is 11.9 Å². The Hall–Kier alpha value is -3.46. The average molecular weight is 416 g/mol. The van der Waals surface area contributed by atoms with E-state index in [1.54, 1.807) is 18.2 Å². The molecule has 0 radical (unpaired) electrons. The van der Waals surface area contributed by atoms with Gasteiger partial charge in [-0.05, 0) is 40.6 Å². The van der Waals surface area contributed by atoms with E-state index in [0.717, 1.165) is 5.56 Å². The summed E-state index contributed by atoms with van der Waals surface area (Å²) in [5.41, 5.74) is 2.24. The summed E-state index contributed by atoms with van der Waals surface area (Å²) in [5, 5.41) is 14.1. The Morgan fingerprint density at radius 1 is 1.17 bits per heavy atom. The lowest BCUT2D eigenvalue weighted by Crippen LogP contribution is -2.26. The second-order valence-corrected chi connectivity index (χ2v) is 6.36. The van der Waals surface area contributed by atoms with Gasteiger partial charge >= 0.3 is 5.97 Å². The summed E-state index contributed by atoms with van der Waals surface area (Å²) < 4.78 is 11.4. The first-order chi connectivity index (χ1) is 14.0. The number of amides is 1. The van der Waals surface area contributed by atoms with Crippen LogP contribution in [0.4, 0.5) is 0 Å². The minimum absolute atomic E-state index is 0.301. The van der Waals surface area contributed by atoms with E-state index < -0.39 is 0 Å². The molecule has 1 amide bonds. The van der Waals surface area contributed by atoms with Crippen LogP contribution in [0.25, 0.3) is 5.69 Å². The van der Waals surface area contributed by atoms with E-state index in [1.165, 1.54) is 31.3 Å². The molecule has 29 heavy (non-hydrogen) atoms. The van der Waals surface area contributed by atoms with Gasteiger partial charge in [0.1, 0.15) is 12.1 Å². The highest BCUT2D eigenvalue weighted by molar-refractivity contribution is 6.33. The van der Waals surface area contributed by atoms with Crippen LogP contribution in [0.3, 0.4) is 0 Å². The topological polar surface area (TPSA) is 108 Å². The third-order valence-electron chi connectivity index (χ3n) is 4.18. The van der Waals surface area contributed by atoms with Crippen LogP contribution in [0.2, 0.25) is 5.02 Å². The van der Waals surface area contributed by atoms with Crippen molar-refractivity contribution in [2.45, 2.75) is 6.42 Å². The number of carbonyl (C=O) groups excluding carboxylic acids is 2. The highest BCUT2D eigenvalue weighted by Gasteiger charge is 2.17. The first kappa shape index (κ1) is 20.3. The molecule has 1 N–H and O–H groups in total. The lowest BCUT2D eigenvalue weighted by molar-refractivity contribution is 0.0600. The molecule has 10 heteroatoms. The number of aromatic nitrogens is 4. The van der Waals surface area contributed by atoms with Crippen LogP contribution in [-0.2, 0) is 11.2 Å². The maximum atomic E-state index is 12.6. The molecule has 0 bridgehead atoms. The van der Waals surface area contributed by atoms with E-state index in [0.29, 0.717) is 40.6 Å². The zero-order chi connectivity index (χ0) is 20.8. The zero-order valence-corrected chi connectivity index (χ0v) is 16.5. The third kappa shape index (κ3) is 4.69. The van der Waals surface area contributed by atoms with Gasteiger partial charge in [-0.15, -0.1) is 5.10 Å². The fraction of sp³-hybridized carbons (Fsp3) is 0.211. The minimum Gasteiger partial charge on any atom is -0.496 e. The normalized spacial score (nSPS) is 10.4. The van der Waals surface area contributed by atoms with Crippen LogP contribution in [-0.4, -0.2) is 52.8 Å². The number of halogens is 1. The molecule has 0 aliphatic heterocycles. The Morgan fingerprint density at radius 3 is 2.55 bits per heavy atom. The van der Waals surface area contributed by atoms with Gasteiger partial charge < -0.3 is 14.8 Å². The largest absolute Gasteiger partial charge is 0.496 e. The fourth-order valence-electron chi connectivity index (χ4n) is 2.68. The SMILES string of the molecule is COC(=O)c1ccc(CCNC(=O)c2cc(Cl)c(-n3cnnn3)cc2OC)cc1. The highest BCUT2D eigenvalue weighted by Crippen LogP contribution is 2.29. The molecule has 0 unspecified atom stereocenters. The van der Waals surface area contributed by atoms with Gasteiger partial charge in [-0.2, -0.15) is 4.68 Å². The summed E-state index contributed by atoms with van der Waals surface area (Å²) in [4.78, 5) is 24.0. The molecule has 0 saturated heterocycles. The number of hydrogen-bond donors (Lipinski definition) is 1. The van der Waals surface area contributed by atoms with E-state index in [4.69, 9.17) is 16.3 Å². The molecule has 3 aromatic rings. The minimum atomic E-state index is -0.390. The second kappa shape index (κ2) is 9.16. The number of carbonyl (C=O) groups is 2. The van der Waals surface area contributed by atoms with Crippen molar-refractivity contribution >= 4 is 23.5 Å². The van der Waals surface area contributed by atoms with Crippen molar-refractivity contribution in [1.82, 2.24) is 25.5 Å². The molecule has 0 fully saturated rings. The van der Waals surface area contributed by atoms with Gasteiger partial charge in [-0.3, -0.25) is 4.79 Å². The highest BCUT2D eigenvalue weighted by atomic mass is 35.5. The number of benzene rings is 2. The molecule has 0 saturated carbocycles. The molecule has 150 valence electrons. The number of hydrogen-bond acceptors (Lipinski definition) is 7. The average Bonchev–Trinajstić information content (AvgIpc) is 3.28. The number of nitrogens with zero attached hydrogens (tertiary/aromatic N) is 4. The Balaban J connectivity index is 1.66. The number of tetrazole rings is 1. The van der Waals surface area contributed by atoms with Crippen LogP contribution in [0, 0.1) is 0 Å². The molecule has 0 aliphatic rings. The summed E-state index contributed by atoms with van der Waals surface area (Å²) >= 11 is 6.29. The van der Waals surface area contributed by atoms with Crippen LogP contribution in [0.1, 0.15) is 26.3 Å². The number of ether oxygens (including phenoxy) is 2. The molecule has 9 nitrogen and oxygen atoms in total. The van der Waals surface area contributed by atoms with Crippen molar-refractivity contribution in [3.63, 3.8) is 0 Å². The van der Waals surface area contributed by atoms with E-state index >= 15 is 0 Å². The molecular formula is C19H18ClN5O4. The first-order valence-electron chi connectivity index (χ1n) is 8.60. The first-order valence-corrected chi connectivity index (χ1v) is 8.97. The predicted octanol–water partition coefficient (Wildman–Crippen LogP) is 2.08. The van der Waals surface area contributed by atoms with Crippen molar-refractivity contribution in [2.24, 2.45) is 0 Å². The van der Waals surface area contributed by atoms with Crippen molar-refractivity contribution in [3.05, 3.63) is 64.4 Å². The molecule has 0 atom stereocenters. The summed E-state index contributed by atoms with van der Waals surface area (Å²) in [6.07, 6.45) is 1.98. The number of rotatable bonds is 7. The van der Waals surface area contributed by atoms with E-state index in [2.05, 4.69) is 25.6 Å². The smallest absolute Gasteiger partial charge is 0.337 e. The van der Waals surface area contributed by atoms with Crippen LogP contribution in [0.5, 0.6) is 5.75 Å². The van der Waals surface area contributed by atoms with Crippen LogP contribution >= 0.6 is 11.6 Å². The fourth-order valence-corrected chi connectivity index (χ4v) is 2.93. The molecule has 1 heterocycles. The van der Waals surface area contributed by atoms with Gasteiger partial charge in [0.2, 0.25) is 0 Å². The summed E-state index contributed by atoms with van der Waals surface area (Å²) in [5.74, 6) is -0.364. The van der Waals surface area contributed by atoms with E-state index in [9.17, 15) is 9.59 Å². The van der Waals surface area contributed by atoms with Crippen LogP contribution in [0.15, 0.2) is 42.7 Å². The summed E-state index contributed by atoms with van der Waals surface area (Å²) in [6.45, 7) is 0.395. The van der Waals surface area contributed by atoms with Gasteiger partial charge in [-0.1, -0.05) is 23.7 Å². The Bertz CT molecular complexity index is 1010. The maximum absolute atomic E-state index is 12.6. The van der Waals surface area contributed by atoms with Gasteiger partial charge in [0.25, 0.3) is 5.91 Å². The molecule has 0 aliphatic carbocycles.